The van der Waals surface area contributed by atoms with Crippen LogP contribution in [0.5, 0.6) is 0 Å². The topological polar surface area (TPSA) is 41.6 Å². The van der Waals surface area contributed by atoms with E-state index in [1.807, 2.05) is 6.07 Å². The van der Waals surface area contributed by atoms with Gasteiger partial charge in [0.2, 0.25) is 0 Å². The molecule has 0 saturated carbocycles. The molecule has 0 aromatic carbocycles. The van der Waals surface area contributed by atoms with Crippen LogP contribution in [0.2, 0.25) is 0 Å². The second-order valence-electron chi connectivity index (χ2n) is 3.92. The number of hydrogen-bond acceptors (Lipinski definition) is 3. The van der Waals surface area contributed by atoms with Crippen LogP contribution in [0.25, 0.3) is 11.5 Å². The maximum absolute atomic E-state index is 5.28. The van der Waals surface area contributed by atoms with E-state index in [0.29, 0.717) is 10.5 Å². The zero-order valence-electron chi connectivity index (χ0n) is 10.0. The van der Waals surface area contributed by atoms with Gasteiger partial charge in [0.25, 0.3) is 0 Å². The van der Waals surface area contributed by atoms with Crippen LogP contribution in [0.1, 0.15) is 19.0 Å². The maximum Gasteiger partial charge on any atom is 0.159 e. The van der Waals surface area contributed by atoms with Crippen LogP contribution in [0.15, 0.2) is 25.7 Å². The van der Waals surface area contributed by atoms with E-state index in [4.69, 9.17) is 12.2 Å². The highest BCUT2D eigenvalue weighted by atomic mass is 79.9. The molecule has 0 atom stereocenters. The van der Waals surface area contributed by atoms with E-state index in [-0.39, 0.29) is 0 Å². The zero-order chi connectivity index (χ0) is 14.0. The first-order valence-electron chi connectivity index (χ1n) is 5.63. The zero-order valence-corrected chi connectivity index (χ0v) is 15.6. The fraction of sp³-hybridized carbons (Fsp3) is 0.250. The lowest BCUT2D eigenvalue weighted by Crippen LogP contribution is -2.00. The summed E-state index contributed by atoms with van der Waals surface area (Å²) < 4.78 is 3.19. The van der Waals surface area contributed by atoms with Gasteiger partial charge in [-0.15, -0.1) is 0 Å². The summed E-state index contributed by atoms with van der Waals surface area (Å²) in [6, 6.07) is 1.93. The van der Waals surface area contributed by atoms with Crippen molar-refractivity contribution in [3.63, 3.8) is 0 Å². The van der Waals surface area contributed by atoms with Gasteiger partial charge in [0.15, 0.2) is 5.82 Å². The van der Waals surface area contributed by atoms with E-state index in [1.54, 1.807) is 6.20 Å². The number of H-pyrrole nitrogens is 1. The van der Waals surface area contributed by atoms with Gasteiger partial charge in [-0.3, -0.25) is 4.98 Å². The molecule has 0 amide bonds. The standard InChI is InChI=1S/C12H10Br3N3S/c1-2-3-8-9(15)12(19)18-11(17-8)10-7(14)4-6(13)5-16-10/h4-5H,2-3H2,1H3,(H,17,18,19). The molecular weight excluding hydrogens is 458 g/mol. The molecule has 19 heavy (non-hydrogen) atoms. The first-order valence-corrected chi connectivity index (χ1v) is 8.41. The summed E-state index contributed by atoms with van der Waals surface area (Å²) >= 11 is 15.6. The van der Waals surface area contributed by atoms with Crippen molar-refractivity contribution in [2.24, 2.45) is 0 Å². The third kappa shape index (κ3) is 3.51. The van der Waals surface area contributed by atoms with Crippen molar-refractivity contribution in [3.8, 4) is 11.5 Å². The van der Waals surface area contributed by atoms with Crippen molar-refractivity contribution in [1.29, 1.82) is 0 Å². The first kappa shape index (κ1) is 15.3. The van der Waals surface area contributed by atoms with E-state index < -0.39 is 0 Å². The van der Waals surface area contributed by atoms with E-state index in [0.717, 1.165) is 37.6 Å². The Morgan fingerprint density at radius 1 is 1.32 bits per heavy atom. The van der Waals surface area contributed by atoms with Gasteiger partial charge in [-0.25, -0.2) is 4.98 Å². The third-order valence-electron chi connectivity index (χ3n) is 2.47. The number of nitrogens with zero attached hydrogens (tertiary/aromatic N) is 2. The molecule has 7 heteroatoms. The number of aromatic nitrogens is 3. The normalized spacial score (nSPS) is 10.7. The summed E-state index contributed by atoms with van der Waals surface area (Å²) in [4.78, 5) is 12.1. The monoisotopic (exact) mass is 465 g/mol. The lowest BCUT2D eigenvalue weighted by Gasteiger charge is -2.08. The average Bonchev–Trinajstić information content (AvgIpc) is 2.35. The molecule has 2 rings (SSSR count). The lowest BCUT2D eigenvalue weighted by atomic mass is 10.2. The number of hydrogen-bond donors (Lipinski definition) is 1. The number of rotatable bonds is 3. The van der Waals surface area contributed by atoms with Gasteiger partial charge >= 0.3 is 0 Å². The molecule has 2 aromatic rings. The Kier molecular flexibility index (Phi) is 5.28. The lowest BCUT2D eigenvalue weighted by molar-refractivity contribution is 0.863. The van der Waals surface area contributed by atoms with Crippen LogP contribution in [-0.4, -0.2) is 15.0 Å². The molecule has 100 valence electrons. The largest absolute Gasteiger partial charge is 0.341 e. The number of aryl methyl sites for hydroxylation is 1. The van der Waals surface area contributed by atoms with E-state index in [1.165, 1.54) is 0 Å². The van der Waals surface area contributed by atoms with Crippen molar-refractivity contribution in [2.75, 3.05) is 0 Å². The number of aromatic amines is 1. The third-order valence-corrected chi connectivity index (χ3v) is 4.92. The molecule has 0 bridgehead atoms. The van der Waals surface area contributed by atoms with Crippen LogP contribution in [-0.2, 0) is 6.42 Å². The molecule has 3 nitrogen and oxygen atoms in total. The molecule has 0 radical (unpaired) electrons. The minimum Gasteiger partial charge on any atom is -0.341 e. The maximum atomic E-state index is 5.28. The molecule has 1 N–H and O–H groups in total. The van der Waals surface area contributed by atoms with Crippen LogP contribution >= 0.6 is 60.0 Å². The van der Waals surface area contributed by atoms with E-state index in [9.17, 15) is 0 Å². The summed E-state index contributed by atoms with van der Waals surface area (Å²) in [6.07, 6.45) is 3.68. The predicted octanol–water partition coefficient (Wildman–Crippen LogP) is 5.44. The number of halogens is 3. The molecule has 0 aliphatic carbocycles. The van der Waals surface area contributed by atoms with Crippen LogP contribution in [0.4, 0.5) is 0 Å². The van der Waals surface area contributed by atoms with Crippen molar-refractivity contribution in [3.05, 3.63) is 36.0 Å². The molecule has 0 fully saturated rings. The molecule has 2 aromatic heterocycles. The molecule has 0 unspecified atom stereocenters. The SMILES string of the molecule is CCCc1[nH]c(-c2ncc(Br)cc2Br)nc(=S)c1Br. The summed E-state index contributed by atoms with van der Waals surface area (Å²) in [5.41, 5.74) is 1.80. The Balaban J connectivity index is 2.59. The van der Waals surface area contributed by atoms with Gasteiger partial charge in [-0.05, 0) is 60.3 Å². The van der Waals surface area contributed by atoms with Crippen LogP contribution in [0, 0.1) is 4.64 Å². The Morgan fingerprint density at radius 3 is 2.68 bits per heavy atom. The van der Waals surface area contributed by atoms with Gasteiger partial charge in [0.1, 0.15) is 10.3 Å². The average molecular weight is 468 g/mol. The van der Waals surface area contributed by atoms with Gasteiger partial charge in [0.05, 0.1) is 4.47 Å². The Labute approximate surface area is 141 Å². The van der Waals surface area contributed by atoms with Crippen LogP contribution < -0.4 is 0 Å². The Hall–Kier alpha value is -0.110. The quantitative estimate of drug-likeness (QED) is 0.611. The Bertz CT molecular complexity index is 670. The van der Waals surface area contributed by atoms with Gasteiger partial charge in [-0.2, -0.15) is 0 Å². The molecular formula is C12H10Br3N3S. The van der Waals surface area contributed by atoms with Crippen molar-refractivity contribution in [2.45, 2.75) is 19.8 Å². The highest BCUT2D eigenvalue weighted by molar-refractivity contribution is 9.11. The highest BCUT2D eigenvalue weighted by Gasteiger charge is 2.11. The minimum absolute atomic E-state index is 0.550. The second kappa shape index (κ2) is 6.56. The van der Waals surface area contributed by atoms with Crippen molar-refractivity contribution >= 4 is 60.0 Å². The predicted molar refractivity (Wildman–Crippen MR) is 89.7 cm³/mol. The summed E-state index contributed by atoms with van der Waals surface area (Å²) in [5.74, 6) is 0.677. The molecule has 0 aliphatic heterocycles. The molecule has 0 aliphatic rings. The Morgan fingerprint density at radius 2 is 2.05 bits per heavy atom. The number of nitrogens with one attached hydrogen (secondary N) is 1. The van der Waals surface area contributed by atoms with Crippen LogP contribution in [0.3, 0.4) is 0 Å². The van der Waals surface area contributed by atoms with Crippen molar-refractivity contribution < 1.29 is 0 Å². The molecule has 2 heterocycles. The smallest absolute Gasteiger partial charge is 0.159 e. The van der Waals surface area contributed by atoms with Crippen molar-refractivity contribution in [1.82, 2.24) is 15.0 Å². The van der Waals surface area contributed by atoms with Gasteiger partial charge < -0.3 is 4.98 Å². The molecule has 0 saturated heterocycles. The van der Waals surface area contributed by atoms with E-state index in [2.05, 4.69) is 69.7 Å². The summed E-state index contributed by atoms with van der Waals surface area (Å²) in [7, 11) is 0. The fourth-order valence-electron chi connectivity index (χ4n) is 1.63. The molecule has 0 spiro atoms. The van der Waals surface area contributed by atoms with Gasteiger partial charge in [0, 0.05) is 20.8 Å². The second-order valence-corrected chi connectivity index (χ2v) is 6.87. The highest BCUT2D eigenvalue weighted by Crippen LogP contribution is 2.28. The summed E-state index contributed by atoms with van der Waals surface area (Å²) in [5, 5.41) is 0. The number of pyridine rings is 1. The van der Waals surface area contributed by atoms with Gasteiger partial charge in [-0.1, -0.05) is 25.6 Å². The minimum atomic E-state index is 0.550. The summed E-state index contributed by atoms with van der Waals surface area (Å²) in [6.45, 7) is 2.12. The first-order chi connectivity index (χ1) is 9.02. The van der Waals surface area contributed by atoms with E-state index >= 15 is 0 Å². The fourth-order valence-corrected chi connectivity index (χ4v) is 3.40.